The number of anilines is 5. The number of sulfonamides is 1. The second-order valence-electron chi connectivity index (χ2n) is 19.7. The molecule has 23 nitrogen and oxygen atoms in total. The van der Waals surface area contributed by atoms with Crippen molar-refractivity contribution in [1.29, 1.82) is 0 Å². The number of rotatable bonds is 23. The van der Waals surface area contributed by atoms with Crippen LogP contribution in [0, 0.1) is 6.92 Å². The maximum atomic E-state index is 14.5. The Balaban J connectivity index is 1.04. The van der Waals surface area contributed by atoms with E-state index in [1.165, 1.54) is 44.6 Å². The van der Waals surface area contributed by atoms with Gasteiger partial charge in [-0.25, -0.2) is 32.6 Å². The molecule has 0 bridgehead atoms. The summed E-state index contributed by atoms with van der Waals surface area (Å²) in [5.74, 6) is -1.34. The van der Waals surface area contributed by atoms with Gasteiger partial charge in [-0.3, -0.25) is 24.1 Å². The highest BCUT2D eigenvalue weighted by molar-refractivity contribution is 7.89. The lowest BCUT2D eigenvalue weighted by molar-refractivity contribution is -0.140. The monoisotopic (exact) mass is 1070 g/mol. The lowest BCUT2D eigenvalue weighted by Gasteiger charge is -2.28. The number of aryl methyl sites for hydroxylation is 1. The van der Waals surface area contributed by atoms with Crippen molar-refractivity contribution in [2.75, 3.05) is 82.0 Å². The van der Waals surface area contributed by atoms with Crippen LogP contribution in [-0.2, 0) is 40.5 Å². The first-order valence-corrected chi connectivity index (χ1v) is 26.4. The molecule has 0 aliphatic carbocycles. The number of primary amides is 1. The van der Waals surface area contributed by atoms with Gasteiger partial charge < -0.3 is 51.1 Å². The highest BCUT2D eigenvalue weighted by atomic mass is 32.2. The molecule has 3 aromatic carbocycles. The first kappa shape index (κ1) is 57.9. The summed E-state index contributed by atoms with van der Waals surface area (Å²) in [6.45, 7) is 10.4. The second kappa shape index (κ2) is 26.4. The number of amides is 7. The zero-order valence-corrected chi connectivity index (χ0v) is 44.7. The van der Waals surface area contributed by atoms with Crippen molar-refractivity contribution in [3.63, 3.8) is 0 Å². The van der Waals surface area contributed by atoms with E-state index >= 15 is 0 Å². The van der Waals surface area contributed by atoms with Crippen LogP contribution in [-0.4, -0.2) is 166 Å². The van der Waals surface area contributed by atoms with Crippen molar-refractivity contribution >= 4 is 82.6 Å². The van der Waals surface area contributed by atoms with E-state index in [-0.39, 0.29) is 50.1 Å². The number of carbonyl (C=O) groups is 6. The van der Waals surface area contributed by atoms with Gasteiger partial charge in [-0.2, -0.15) is 4.98 Å². The first-order chi connectivity index (χ1) is 36.1. The Morgan fingerprint density at radius 2 is 1.61 bits per heavy atom. The van der Waals surface area contributed by atoms with Crippen LogP contribution in [0.3, 0.4) is 0 Å². The van der Waals surface area contributed by atoms with Gasteiger partial charge in [-0.05, 0) is 127 Å². The van der Waals surface area contributed by atoms with Crippen molar-refractivity contribution in [2.24, 2.45) is 5.73 Å². The summed E-state index contributed by atoms with van der Waals surface area (Å²) < 4.78 is 40.6. The Hall–Kier alpha value is -7.35. The first-order valence-electron chi connectivity index (χ1n) is 24.9. The molecular formula is C51H68BN13O10S. The molecule has 76 heavy (non-hydrogen) atoms. The zero-order valence-electron chi connectivity index (χ0n) is 43.8. The highest BCUT2D eigenvalue weighted by Gasteiger charge is 2.37. The van der Waals surface area contributed by atoms with Gasteiger partial charge in [-0.1, -0.05) is 18.2 Å². The zero-order chi connectivity index (χ0) is 55.2. The van der Waals surface area contributed by atoms with Gasteiger partial charge in [0.2, 0.25) is 39.6 Å². The third-order valence-corrected chi connectivity index (χ3v) is 14.1. The molecule has 7 N–H and O–H groups in total. The second-order valence-corrected chi connectivity index (χ2v) is 21.3. The van der Waals surface area contributed by atoms with Gasteiger partial charge in [0.1, 0.15) is 30.8 Å². The molecule has 25 heteroatoms. The molecule has 2 saturated heterocycles. The number of nitrogens with zero attached hydrogens (tertiary/aromatic N) is 7. The molecule has 406 valence electrons. The molecule has 4 aromatic rings. The summed E-state index contributed by atoms with van der Waals surface area (Å²) in [6.07, 6.45) is 3.85. The topological polar surface area (TPSA) is 283 Å². The average molecular weight is 1070 g/mol. The van der Waals surface area contributed by atoms with Gasteiger partial charge in [0.05, 0.1) is 23.2 Å². The van der Waals surface area contributed by atoms with Gasteiger partial charge in [0.15, 0.2) is 7.98 Å². The van der Waals surface area contributed by atoms with Crippen molar-refractivity contribution in [1.82, 2.24) is 44.8 Å². The number of nitrogens with two attached hydrogens (primary N) is 1. The Kier molecular flexibility index (Phi) is 20.1. The maximum Gasteiger partial charge on any atom is 0.409 e. The van der Waals surface area contributed by atoms with Crippen LogP contribution >= 0.6 is 0 Å². The summed E-state index contributed by atoms with van der Waals surface area (Å²) in [4.78, 5) is 94.8. The summed E-state index contributed by atoms with van der Waals surface area (Å²) in [5, 5.41) is 10.7. The minimum atomic E-state index is -3.85. The lowest BCUT2D eigenvalue weighted by Crippen LogP contribution is -2.53. The Labute approximate surface area is 445 Å². The maximum absolute atomic E-state index is 14.5. The number of urea groups is 1. The Morgan fingerprint density at radius 1 is 0.908 bits per heavy atom. The van der Waals surface area contributed by atoms with Crippen LogP contribution < -0.4 is 41.3 Å². The van der Waals surface area contributed by atoms with Crippen LogP contribution in [0.1, 0.15) is 64.0 Å². The van der Waals surface area contributed by atoms with E-state index in [0.717, 1.165) is 19.6 Å². The van der Waals surface area contributed by atoms with Gasteiger partial charge in [-0.15, -0.1) is 0 Å². The number of ether oxygens (including phenoxy) is 2. The molecule has 3 heterocycles. The van der Waals surface area contributed by atoms with Crippen LogP contribution in [0.5, 0.6) is 5.75 Å². The van der Waals surface area contributed by atoms with E-state index in [1.807, 2.05) is 0 Å². The van der Waals surface area contributed by atoms with Crippen molar-refractivity contribution in [2.45, 2.75) is 88.9 Å². The van der Waals surface area contributed by atoms with Crippen LogP contribution in [0.25, 0.3) is 0 Å². The third-order valence-electron chi connectivity index (χ3n) is 12.3. The number of likely N-dealkylation sites (N-methyl/N-ethyl adjacent to an activating group) is 2. The molecule has 2 aliphatic rings. The summed E-state index contributed by atoms with van der Waals surface area (Å²) >= 11 is 0. The fourth-order valence-corrected chi connectivity index (χ4v) is 9.78. The SMILES string of the molecule is [B]NC(CC(N)=O)C(=O)N1CCCC1C(=O)NCC(=O)Nc1ccc(COC(=O)N(C)CCN(C)C(=O)N(c2ccc(OCCN3CCCC3)cc2)c2ncc(C)c(Nc3cccc(S(=O)(=O)NC(C)(C)C)c3)n2)cc1. The van der Waals surface area contributed by atoms with E-state index < -0.39 is 63.4 Å². The van der Waals surface area contributed by atoms with E-state index in [9.17, 15) is 37.2 Å². The molecule has 0 saturated carbocycles. The van der Waals surface area contributed by atoms with E-state index in [2.05, 4.69) is 35.8 Å². The van der Waals surface area contributed by atoms with Crippen LogP contribution in [0.2, 0.25) is 0 Å². The van der Waals surface area contributed by atoms with Crippen molar-refractivity contribution in [3.8, 4) is 5.75 Å². The van der Waals surface area contributed by atoms with E-state index in [4.69, 9.17) is 28.2 Å². The molecule has 7 amide bonds. The molecule has 2 fully saturated rings. The molecule has 1 aromatic heterocycles. The van der Waals surface area contributed by atoms with E-state index in [0.29, 0.717) is 59.2 Å². The molecular weight excluding hydrogens is 998 g/mol. The van der Waals surface area contributed by atoms with Gasteiger partial charge >= 0.3 is 12.1 Å². The Bertz CT molecular complexity index is 2800. The molecule has 2 atom stereocenters. The normalized spacial score (nSPS) is 15.1. The number of hydrogen-bond donors (Lipinski definition) is 6. The number of likely N-dealkylation sites (tertiary alicyclic amines) is 2. The predicted molar refractivity (Wildman–Crippen MR) is 286 cm³/mol. The summed E-state index contributed by atoms with van der Waals surface area (Å²) in [7, 11) is 4.72. The minimum Gasteiger partial charge on any atom is -0.492 e. The number of nitrogens with one attached hydrogen (secondary N) is 5. The number of benzene rings is 3. The average Bonchev–Trinajstić information content (AvgIpc) is 4.11. The third kappa shape index (κ3) is 16.6. The van der Waals surface area contributed by atoms with Gasteiger partial charge in [0.25, 0.3) is 0 Å². The standard InChI is InChI=1S/C51H68BN13O10S/c1-34-31-55-48(58-45(34)57-37-11-9-12-40(29-37)76(72,73)60-51(2,3)4)65(38-18-20-39(21-19-38)74-28-27-63-22-7-8-23-63)49(70)61(5)25-26-62(6)50(71)75-33-35-14-16-36(17-15-35)56-44(67)32-54-46(68)42-13-10-24-64(42)47(69)41(59-52)30-43(53)66/h9,11-12,14-21,29,31,41-42,59-60H,7-8,10,13,22-28,30,32-33H2,1-6H3,(H2,53,66)(H,54,68)(H,56,67)(H,55,57,58). The Morgan fingerprint density at radius 3 is 2.28 bits per heavy atom. The predicted octanol–water partition coefficient (Wildman–Crippen LogP) is 3.50. The number of aromatic nitrogens is 2. The summed E-state index contributed by atoms with van der Waals surface area (Å²) in [5.41, 5.74) is 7.06. The van der Waals surface area contributed by atoms with Crippen molar-refractivity contribution in [3.05, 3.63) is 90.1 Å². The van der Waals surface area contributed by atoms with Gasteiger partial charge in [0, 0.05) is 75.4 Å². The molecule has 2 aliphatic heterocycles. The van der Waals surface area contributed by atoms with Crippen LogP contribution in [0.4, 0.5) is 38.4 Å². The molecule has 6 rings (SSSR count). The fourth-order valence-electron chi connectivity index (χ4n) is 8.32. The largest absolute Gasteiger partial charge is 0.492 e. The molecule has 0 spiro atoms. The smallest absolute Gasteiger partial charge is 0.409 e. The molecule has 2 unspecified atom stereocenters. The highest BCUT2D eigenvalue weighted by Crippen LogP contribution is 2.30. The molecule has 2 radical (unpaired) electrons. The fraction of sp³-hybridized carbons (Fsp3) is 0.451. The van der Waals surface area contributed by atoms with Crippen molar-refractivity contribution < 1.29 is 46.7 Å². The minimum absolute atomic E-state index is 0.0244. The lowest BCUT2D eigenvalue weighted by atomic mass is 10.1. The van der Waals surface area contributed by atoms with Crippen LogP contribution in [0.15, 0.2) is 83.9 Å². The summed E-state index contributed by atoms with van der Waals surface area (Å²) in [6, 6.07) is 17.4. The number of carbonyl (C=O) groups excluding carboxylic acids is 6. The quantitative estimate of drug-likeness (QED) is 0.0580. The number of hydrogen-bond acceptors (Lipinski definition) is 15. The van der Waals surface area contributed by atoms with E-state index in [1.54, 1.807) is 109 Å².